The maximum atomic E-state index is 11.3. The number of hydrogen-bond acceptors (Lipinski definition) is 3. The second-order valence-electron chi connectivity index (χ2n) is 3.48. The van der Waals surface area contributed by atoms with Crippen LogP contribution in [0.25, 0.3) is 5.76 Å². The van der Waals surface area contributed by atoms with Gasteiger partial charge in [-0.05, 0) is 44.3 Å². The van der Waals surface area contributed by atoms with Gasteiger partial charge in [0, 0.05) is 5.56 Å². The lowest BCUT2D eigenvalue weighted by molar-refractivity contribution is 0.111. The molecule has 0 saturated carbocycles. The average molecular weight is 378 g/mol. The zero-order chi connectivity index (χ0) is 13.5. The quantitative estimate of drug-likeness (QED) is 0.546. The van der Waals surface area contributed by atoms with Gasteiger partial charge >= 0.3 is 0 Å². The van der Waals surface area contributed by atoms with E-state index < -0.39 is 0 Å². The predicted molar refractivity (Wildman–Crippen MR) is 79.4 cm³/mol. The molecule has 3 nitrogen and oxygen atoms in total. The standard InChI is InChI=1S/C13H14Br2O3/c1-3-7-18-11-6-4-5-9(10(11)8-16)12(17-2)13(14)15/h4-6,8H,3,7H2,1-2H3. The molecule has 0 saturated heterocycles. The lowest BCUT2D eigenvalue weighted by Crippen LogP contribution is -2.02. The van der Waals surface area contributed by atoms with Crippen LogP contribution in [-0.4, -0.2) is 20.0 Å². The smallest absolute Gasteiger partial charge is 0.154 e. The van der Waals surface area contributed by atoms with Crippen LogP contribution in [0.15, 0.2) is 21.6 Å². The van der Waals surface area contributed by atoms with Gasteiger partial charge < -0.3 is 9.47 Å². The number of benzene rings is 1. The molecular formula is C13H14Br2O3. The third-order valence-electron chi connectivity index (χ3n) is 2.27. The van der Waals surface area contributed by atoms with Crippen LogP contribution in [0.2, 0.25) is 0 Å². The van der Waals surface area contributed by atoms with Gasteiger partial charge in [0.15, 0.2) is 6.29 Å². The van der Waals surface area contributed by atoms with Gasteiger partial charge in [-0.3, -0.25) is 4.79 Å². The zero-order valence-corrected chi connectivity index (χ0v) is 13.4. The second kappa shape index (κ2) is 7.59. The van der Waals surface area contributed by atoms with Gasteiger partial charge in [-0.1, -0.05) is 19.1 Å². The van der Waals surface area contributed by atoms with Crippen molar-refractivity contribution in [2.24, 2.45) is 0 Å². The van der Waals surface area contributed by atoms with Crippen molar-refractivity contribution in [3.05, 3.63) is 32.7 Å². The third kappa shape index (κ3) is 3.59. The fourth-order valence-electron chi connectivity index (χ4n) is 1.49. The number of methoxy groups -OCH3 is 1. The summed E-state index contributed by atoms with van der Waals surface area (Å²) < 4.78 is 11.5. The van der Waals surface area contributed by atoms with E-state index in [4.69, 9.17) is 9.47 Å². The van der Waals surface area contributed by atoms with Gasteiger partial charge in [-0.15, -0.1) is 0 Å². The van der Waals surface area contributed by atoms with Crippen LogP contribution in [0.4, 0.5) is 0 Å². The minimum Gasteiger partial charge on any atom is -0.494 e. The van der Waals surface area contributed by atoms with Crippen molar-refractivity contribution in [2.75, 3.05) is 13.7 Å². The highest BCUT2D eigenvalue weighted by Crippen LogP contribution is 2.32. The molecule has 0 heterocycles. The first-order valence-electron chi connectivity index (χ1n) is 5.46. The Morgan fingerprint density at radius 2 is 2.11 bits per heavy atom. The third-order valence-corrected chi connectivity index (χ3v) is 2.99. The lowest BCUT2D eigenvalue weighted by atomic mass is 10.1. The van der Waals surface area contributed by atoms with E-state index >= 15 is 0 Å². The van der Waals surface area contributed by atoms with E-state index in [1.165, 1.54) is 0 Å². The highest BCUT2D eigenvalue weighted by molar-refractivity contribution is 9.28. The predicted octanol–water partition coefficient (Wildman–Crippen LogP) is 4.35. The first-order chi connectivity index (χ1) is 8.65. The topological polar surface area (TPSA) is 35.5 Å². The van der Waals surface area contributed by atoms with E-state index in [0.29, 0.717) is 32.6 Å². The molecule has 0 radical (unpaired) electrons. The van der Waals surface area contributed by atoms with Gasteiger partial charge in [-0.2, -0.15) is 0 Å². The fraction of sp³-hybridized carbons (Fsp3) is 0.308. The van der Waals surface area contributed by atoms with Gasteiger partial charge in [0.1, 0.15) is 14.9 Å². The summed E-state index contributed by atoms with van der Waals surface area (Å²) in [5.41, 5.74) is 1.17. The number of hydrogen-bond donors (Lipinski definition) is 0. The summed E-state index contributed by atoms with van der Waals surface area (Å²) in [7, 11) is 1.55. The van der Waals surface area contributed by atoms with Crippen molar-refractivity contribution in [3.8, 4) is 5.75 Å². The van der Waals surface area contributed by atoms with Crippen molar-refractivity contribution >= 4 is 43.9 Å². The molecule has 0 aliphatic rings. The van der Waals surface area contributed by atoms with E-state index in [-0.39, 0.29) is 0 Å². The summed E-state index contributed by atoms with van der Waals surface area (Å²) >= 11 is 6.59. The molecule has 1 rings (SSSR count). The van der Waals surface area contributed by atoms with Crippen molar-refractivity contribution in [1.29, 1.82) is 0 Å². The molecule has 0 fully saturated rings. The first kappa shape index (κ1) is 15.2. The molecule has 18 heavy (non-hydrogen) atoms. The minimum absolute atomic E-state index is 0.485. The Balaban J connectivity index is 3.28. The molecule has 1 aromatic carbocycles. The molecular weight excluding hydrogens is 364 g/mol. The zero-order valence-electron chi connectivity index (χ0n) is 10.2. The van der Waals surface area contributed by atoms with Crippen LogP contribution in [-0.2, 0) is 4.74 Å². The number of carbonyl (C=O) groups is 1. The number of aldehydes is 1. The summed E-state index contributed by atoms with van der Waals surface area (Å²) in [6, 6.07) is 5.41. The van der Waals surface area contributed by atoms with E-state index in [9.17, 15) is 4.79 Å². The molecule has 0 aromatic heterocycles. The summed E-state index contributed by atoms with van der Waals surface area (Å²) in [4.78, 5) is 11.3. The second-order valence-corrected chi connectivity index (χ2v) is 6.13. The van der Waals surface area contributed by atoms with Gasteiger partial charge in [-0.25, -0.2) is 0 Å². The Morgan fingerprint density at radius 1 is 1.39 bits per heavy atom. The molecule has 0 bridgehead atoms. The SMILES string of the molecule is CCCOc1cccc(C(OC)=C(Br)Br)c1C=O. The fourth-order valence-corrected chi connectivity index (χ4v) is 2.24. The van der Waals surface area contributed by atoms with E-state index in [1.54, 1.807) is 13.2 Å². The molecule has 1 aromatic rings. The van der Waals surface area contributed by atoms with Crippen LogP contribution in [0.5, 0.6) is 5.75 Å². The van der Waals surface area contributed by atoms with Crippen LogP contribution in [0.1, 0.15) is 29.3 Å². The van der Waals surface area contributed by atoms with Crippen LogP contribution in [0.3, 0.4) is 0 Å². The molecule has 0 aliphatic heterocycles. The highest BCUT2D eigenvalue weighted by Gasteiger charge is 2.15. The van der Waals surface area contributed by atoms with Crippen molar-refractivity contribution in [1.82, 2.24) is 0 Å². The largest absolute Gasteiger partial charge is 0.494 e. The maximum Gasteiger partial charge on any atom is 0.154 e. The van der Waals surface area contributed by atoms with Crippen LogP contribution >= 0.6 is 31.9 Å². The Hall–Kier alpha value is -0.810. The first-order valence-corrected chi connectivity index (χ1v) is 7.04. The molecule has 5 heteroatoms. The van der Waals surface area contributed by atoms with E-state index in [0.717, 1.165) is 12.7 Å². The Kier molecular flexibility index (Phi) is 6.43. The van der Waals surface area contributed by atoms with Gasteiger partial charge in [0.05, 0.1) is 19.3 Å². The lowest BCUT2D eigenvalue weighted by Gasteiger charge is -2.13. The Bertz CT molecular complexity index is 452. The molecule has 98 valence electrons. The minimum atomic E-state index is 0.485. The number of carbonyl (C=O) groups excluding carboxylic acids is 1. The van der Waals surface area contributed by atoms with E-state index in [1.807, 2.05) is 19.1 Å². The van der Waals surface area contributed by atoms with Gasteiger partial charge in [0.2, 0.25) is 0 Å². The molecule has 0 spiro atoms. The maximum absolute atomic E-state index is 11.3. The van der Waals surface area contributed by atoms with E-state index in [2.05, 4.69) is 31.9 Å². The van der Waals surface area contributed by atoms with Crippen molar-refractivity contribution < 1.29 is 14.3 Å². The summed E-state index contributed by atoms with van der Waals surface area (Å²) in [6.45, 7) is 2.59. The summed E-state index contributed by atoms with van der Waals surface area (Å²) in [6.07, 6.45) is 1.67. The van der Waals surface area contributed by atoms with Crippen LogP contribution < -0.4 is 4.74 Å². The van der Waals surface area contributed by atoms with Crippen molar-refractivity contribution in [2.45, 2.75) is 13.3 Å². The summed E-state index contributed by atoms with van der Waals surface area (Å²) in [5, 5.41) is 0. The number of rotatable bonds is 6. The molecule has 0 amide bonds. The Labute approximate surface area is 123 Å². The Morgan fingerprint density at radius 3 is 2.61 bits per heavy atom. The number of ether oxygens (including phenoxy) is 2. The molecule has 0 unspecified atom stereocenters. The molecule has 0 N–H and O–H groups in total. The monoisotopic (exact) mass is 376 g/mol. The van der Waals surface area contributed by atoms with Crippen LogP contribution in [0, 0.1) is 0 Å². The molecule has 0 atom stereocenters. The van der Waals surface area contributed by atoms with Crippen molar-refractivity contribution in [3.63, 3.8) is 0 Å². The normalized spacial score (nSPS) is 9.78. The van der Waals surface area contributed by atoms with Gasteiger partial charge in [0.25, 0.3) is 0 Å². The molecule has 0 aliphatic carbocycles. The number of halogens is 2. The highest BCUT2D eigenvalue weighted by atomic mass is 79.9. The average Bonchev–Trinajstić information content (AvgIpc) is 2.36. The summed E-state index contributed by atoms with van der Waals surface area (Å²) in [5.74, 6) is 1.12.